The van der Waals surface area contributed by atoms with Crippen LogP contribution in [0.3, 0.4) is 0 Å². The molecule has 0 atom stereocenters. The van der Waals surface area contributed by atoms with Gasteiger partial charge in [0.1, 0.15) is 12.3 Å². The summed E-state index contributed by atoms with van der Waals surface area (Å²) in [5, 5.41) is 17.8. The van der Waals surface area contributed by atoms with Crippen LogP contribution < -0.4 is 5.32 Å². The molecule has 0 fully saturated rings. The summed E-state index contributed by atoms with van der Waals surface area (Å²) in [6.45, 7) is 1.73. The molecule has 0 saturated heterocycles. The number of hydrogen-bond donors (Lipinski definition) is 3. The fourth-order valence-electron chi connectivity index (χ4n) is 1.55. The van der Waals surface area contributed by atoms with Gasteiger partial charge in [0.25, 0.3) is 5.91 Å². The first-order valence-electron chi connectivity index (χ1n) is 5.72. The predicted molar refractivity (Wildman–Crippen MR) is 71.7 cm³/mol. The summed E-state index contributed by atoms with van der Waals surface area (Å²) >= 11 is 0. The van der Waals surface area contributed by atoms with Crippen LogP contribution in [0, 0.1) is 18.8 Å². The van der Waals surface area contributed by atoms with Crippen LogP contribution in [0.4, 0.5) is 5.69 Å². The van der Waals surface area contributed by atoms with E-state index in [9.17, 15) is 4.79 Å². The summed E-state index contributed by atoms with van der Waals surface area (Å²) in [7, 11) is 0. The zero-order chi connectivity index (χ0) is 13.7. The average molecular weight is 255 g/mol. The van der Waals surface area contributed by atoms with Gasteiger partial charge in [0.05, 0.1) is 0 Å². The lowest BCUT2D eigenvalue weighted by molar-refractivity contribution is 0.102. The first kappa shape index (κ1) is 12.9. The molecule has 2 aromatic rings. The standard InChI is InChI=1S/C14H13N3O2/c1-10-4-5-12(9-11(10)3-2-8-18)16-14(19)13-6-7-15-17-13/h4-7,9,18H,8H2,1H3,(H,15,17)(H,16,19). The van der Waals surface area contributed by atoms with E-state index in [2.05, 4.69) is 27.4 Å². The normalized spacial score (nSPS) is 9.58. The molecule has 0 saturated carbocycles. The van der Waals surface area contributed by atoms with Crippen molar-refractivity contribution in [3.63, 3.8) is 0 Å². The van der Waals surface area contributed by atoms with Gasteiger partial charge < -0.3 is 10.4 Å². The zero-order valence-corrected chi connectivity index (χ0v) is 10.4. The molecule has 1 aromatic heterocycles. The van der Waals surface area contributed by atoms with Crippen LogP contribution in [-0.4, -0.2) is 27.8 Å². The largest absolute Gasteiger partial charge is 0.384 e. The highest BCUT2D eigenvalue weighted by Gasteiger charge is 2.07. The molecular weight excluding hydrogens is 242 g/mol. The third-order valence-electron chi connectivity index (χ3n) is 2.54. The number of aromatic nitrogens is 2. The molecule has 0 spiro atoms. The van der Waals surface area contributed by atoms with Crippen molar-refractivity contribution in [3.8, 4) is 11.8 Å². The van der Waals surface area contributed by atoms with Gasteiger partial charge in [0.15, 0.2) is 0 Å². The molecule has 5 nitrogen and oxygen atoms in total. The Balaban J connectivity index is 2.19. The van der Waals surface area contributed by atoms with E-state index in [1.807, 2.05) is 13.0 Å². The fourth-order valence-corrected chi connectivity index (χ4v) is 1.55. The van der Waals surface area contributed by atoms with Crippen molar-refractivity contribution in [2.24, 2.45) is 0 Å². The molecule has 96 valence electrons. The number of amides is 1. The minimum Gasteiger partial charge on any atom is -0.384 e. The third-order valence-corrected chi connectivity index (χ3v) is 2.54. The van der Waals surface area contributed by atoms with Crippen LogP contribution in [0.5, 0.6) is 0 Å². The SMILES string of the molecule is Cc1ccc(NC(=O)c2ccn[nH]2)cc1C#CCO. The number of H-pyrrole nitrogens is 1. The molecule has 0 aliphatic rings. The van der Waals surface area contributed by atoms with Gasteiger partial charge in [0.2, 0.25) is 0 Å². The summed E-state index contributed by atoms with van der Waals surface area (Å²) in [4.78, 5) is 11.8. The van der Waals surface area contributed by atoms with Crippen LogP contribution in [0.1, 0.15) is 21.6 Å². The first-order valence-corrected chi connectivity index (χ1v) is 5.72. The molecule has 1 amide bonds. The van der Waals surface area contributed by atoms with E-state index in [1.54, 1.807) is 18.2 Å². The highest BCUT2D eigenvalue weighted by atomic mass is 16.2. The molecule has 0 bridgehead atoms. The minimum absolute atomic E-state index is 0.190. The van der Waals surface area contributed by atoms with Crippen molar-refractivity contribution >= 4 is 11.6 Å². The third kappa shape index (κ3) is 3.21. The van der Waals surface area contributed by atoms with Crippen LogP contribution >= 0.6 is 0 Å². The zero-order valence-electron chi connectivity index (χ0n) is 10.4. The van der Waals surface area contributed by atoms with Gasteiger partial charge in [-0.2, -0.15) is 5.10 Å². The first-order chi connectivity index (χ1) is 9.20. The number of anilines is 1. The van der Waals surface area contributed by atoms with E-state index in [1.165, 1.54) is 6.20 Å². The molecule has 19 heavy (non-hydrogen) atoms. The fraction of sp³-hybridized carbons (Fsp3) is 0.143. The van der Waals surface area contributed by atoms with Gasteiger partial charge in [-0.25, -0.2) is 0 Å². The Kier molecular flexibility index (Phi) is 3.96. The second-order valence-electron chi connectivity index (χ2n) is 3.91. The summed E-state index contributed by atoms with van der Waals surface area (Å²) < 4.78 is 0. The van der Waals surface area contributed by atoms with Crippen molar-refractivity contribution in [2.75, 3.05) is 11.9 Å². The number of carbonyl (C=O) groups is 1. The topological polar surface area (TPSA) is 78.0 Å². The summed E-state index contributed by atoms with van der Waals surface area (Å²) in [6.07, 6.45) is 1.52. The van der Waals surface area contributed by atoms with E-state index >= 15 is 0 Å². The molecule has 5 heteroatoms. The number of aromatic amines is 1. The monoisotopic (exact) mass is 255 g/mol. The predicted octanol–water partition coefficient (Wildman–Crippen LogP) is 1.31. The van der Waals surface area contributed by atoms with Gasteiger partial charge in [-0.1, -0.05) is 17.9 Å². The van der Waals surface area contributed by atoms with E-state index in [0.29, 0.717) is 11.4 Å². The van der Waals surface area contributed by atoms with E-state index in [4.69, 9.17) is 5.11 Å². The number of nitrogens with zero attached hydrogens (tertiary/aromatic N) is 1. The summed E-state index contributed by atoms with van der Waals surface area (Å²) in [5.74, 6) is 5.17. The van der Waals surface area contributed by atoms with Gasteiger partial charge in [0, 0.05) is 17.4 Å². The number of benzene rings is 1. The number of aliphatic hydroxyl groups is 1. The van der Waals surface area contributed by atoms with Gasteiger partial charge in [-0.05, 0) is 30.7 Å². The van der Waals surface area contributed by atoms with Gasteiger partial charge >= 0.3 is 0 Å². The lowest BCUT2D eigenvalue weighted by Gasteiger charge is -2.06. The number of aliphatic hydroxyl groups excluding tert-OH is 1. The average Bonchev–Trinajstić information content (AvgIpc) is 2.93. The van der Waals surface area contributed by atoms with Crippen molar-refractivity contribution in [1.82, 2.24) is 10.2 Å². The number of carbonyl (C=O) groups excluding carboxylic acids is 1. The molecular formula is C14H13N3O2. The highest BCUT2D eigenvalue weighted by molar-refractivity contribution is 6.02. The van der Waals surface area contributed by atoms with Crippen LogP contribution in [-0.2, 0) is 0 Å². The Morgan fingerprint density at radius 2 is 2.32 bits per heavy atom. The molecule has 0 unspecified atom stereocenters. The van der Waals surface area contributed by atoms with Crippen LogP contribution in [0.25, 0.3) is 0 Å². The Hall–Kier alpha value is -2.58. The Bertz CT molecular complexity index is 636. The Morgan fingerprint density at radius 1 is 1.47 bits per heavy atom. The second kappa shape index (κ2) is 5.85. The lowest BCUT2D eigenvalue weighted by Crippen LogP contribution is -2.12. The van der Waals surface area contributed by atoms with Crippen LogP contribution in [0.2, 0.25) is 0 Å². The molecule has 0 aliphatic heterocycles. The molecule has 1 aromatic carbocycles. The number of aryl methyl sites for hydroxylation is 1. The molecule has 1 heterocycles. The van der Waals surface area contributed by atoms with Gasteiger partial charge in [-0.15, -0.1) is 0 Å². The van der Waals surface area contributed by atoms with Crippen LogP contribution in [0.15, 0.2) is 30.5 Å². The number of rotatable bonds is 2. The highest BCUT2D eigenvalue weighted by Crippen LogP contribution is 2.15. The van der Waals surface area contributed by atoms with Crippen molar-refractivity contribution in [3.05, 3.63) is 47.3 Å². The maximum Gasteiger partial charge on any atom is 0.273 e. The van der Waals surface area contributed by atoms with Crippen molar-refractivity contribution in [1.29, 1.82) is 0 Å². The van der Waals surface area contributed by atoms with E-state index in [-0.39, 0.29) is 12.5 Å². The minimum atomic E-state index is -0.262. The van der Waals surface area contributed by atoms with Crippen molar-refractivity contribution in [2.45, 2.75) is 6.92 Å². The number of hydrogen-bond acceptors (Lipinski definition) is 3. The quantitative estimate of drug-likeness (QED) is 0.708. The number of nitrogens with one attached hydrogen (secondary N) is 2. The molecule has 2 rings (SSSR count). The second-order valence-corrected chi connectivity index (χ2v) is 3.91. The van der Waals surface area contributed by atoms with Gasteiger partial charge in [-0.3, -0.25) is 9.89 Å². The maximum absolute atomic E-state index is 11.8. The van der Waals surface area contributed by atoms with E-state index in [0.717, 1.165) is 11.1 Å². The maximum atomic E-state index is 11.8. The Labute approximate surface area is 110 Å². The molecule has 3 N–H and O–H groups in total. The smallest absolute Gasteiger partial charge is 0.273 e. The van der Waals surface area contributed by atoms with E-state index < -0.39 is 0 Å². The Morgan fingerprint density at radius 3 is 3.00 bits per heavy atom. The summed E-state index contributed by atoms with van der Waals surface area (Å²) in [6, 6.07) is 7.03. The van der Waals surface area contributed by atoms with Crippen molar-refractivity contribution < 1.29 is 9.90 Å². The summed E-state index contributed by atoms with van der Waals surface area (Å²) in [5.41, 5.74) is 2.80. The molecule has 0 radical (unpaired) electrons. The molecule has 0 aliphatic carbocycles. The lowest BCUT2D eigenvalue weighted by atomic mass is 10.1.